The van der Waals surface area contributed by atoms with Gasteiger partial charge >= 0.3 is 0 Å². The largest absolute Gasteiger partial charge is 0.454 e. The maximum atomic E-state index is 5.59. The summed E-state index contributed by atoms with van der Waals surface area (Å²) in [6, 6.07) is 6.26. The van der Waals surface area contributed by atoms with E-state index in [9.17, 15) is 0 Å². The number of hydrogen-bond acceptors (Lipinski definition) is 4. The fraction of sp³-hybridized carbons (Fsp3) is 0.429. The van der Waals surface area contributed by atoms with E-state index in [2.05, 4.69) is 22.9 Å². The first kappa shape index (κ1) is 11.6. The first-order chi connectivity index (χ1) is 8.90. The quantitative estimate of drug-likeness (QED) is 0.820. The molecule has 2 heterocycles. The summed E-state index contributed by atoms with van der Waals surface area (Å²) in [7, 11) is 0. The van der Waals surface area contributed by atoms with E-state index in [4.69, 9.17) is 9.47 Å². The molecule has 1 fully saturated rings. The van der Waals surface area contributed by atoms with Gasteiger partial charge in [-0.25, -0.2) is 0 Å². The van der Waals surface area contributed by atoms with E-state index in [-0.39, 0.29) is 6.04 Å². The van der Waals surface area contributed by atoms with Crippen LogP contribution < -0.4 is 14.8 Å². The molecule has 96 valence electrons. The summed E-state index contributed by atoms with van der Waals surface area (Å²) in [5.41, 5.74) is 1.15. The standard InChI is InChI=1S/C14H18N2O2/c1-2-12(16-8-6-15-7-9-16)11-4-3-5-13-14(11)18-10-17-13/h2-5,12,15H,1,6-10H2/t12-/m0/s1. The highest BCUT2D eigenvalue weighted by Gasteiger charge is 2.26. The maximum Gasteiger partial charge on any atom is 0.231 e. The average Bonchev–Trinajstić information content (AvgIpc) is 2.90. The van der Waals surface area contributed by atoms with Crippen molar-refractivity contribution in [3.8, 4) is 11.5 Å². The fourth-order valence-corrected chi connectivity index (χ4v) is 2.62. The number of rotatable bonds is 3. The molecule has 1 saturated heterocycles. The van der Waals surface area contributed by atoms with E-state index < -0.39 is 0 Å². The van der Waals surface area contributed by atoms with Crippen LogP contribution in [0, 0.1) is 0 Å². The number of nitrogens with one attached hydrogen (secondary N) is 1. The Hall–Kier alpha value is -1.52. The number of nitrogens with zero attached hydrogens (tertiary/aromatic N) is 1. The highest BCUT2D eigenvalue weighted by atomic mass is 16.7. The summed E-state index contributed by atoms with van der Waals surface area (Å²) in [5.74, 6) is 1.72. The number of ether oxygens (including phenoxy) is 2. The fourth-order valence-electron chi connectivity index (χ4n) is 2.62. The third-order valence-corrected chi connectivity index (χ3v) is 3.51. The predicted octanol–water partition coefficient (Wildman–Crippen LogP) is 1.55. The van der Waals surface area contributed by atoms with Gasteiger partial charge in [-0.05, 0) is 6.07 Å². The molecule has 1 atom stereocenters. The molecule has 0 unspecified atom stereocenters. The molecule has 4 nitrogen and oxygen atoms in total. The van der Waals surface area contributed by atoms with Gasteiger partial charge in [0.2, 0.25) is 6.79 Å². The number of benzene rings is 1. The van der Waals surface area contributed by atoms with Crippen LogP contribution in [-0.2, 0) is 0 Å². The summed E-state index contributed by atoms with van der Waals surface area (Å²) in [5, 5.41) is 3.37. The van der Waals surface area contributed by atoms with Crippen LogP contribution in [0.25, 0.3) is 0 Å². The summed E-state index contributed by atoms with van der Waals surface area (Å²) < 4.78 is 11.0. The second-order valence-electron chi connectivity index (χ2n) is 4.55. The molecule has 2 aliphatic rings. The molecule has 0 bridgehead atoms. The lowest BCUT2D eigenvalue weighted by Crippen LogP contribution is -2.44. The van der Waals surface area contributed by atoms with Gasteiger partial charge < -0.3 is 14.8 Å². The summed E-state index contributed by atoms with van der Waals surface area (Å²) in [6.45, 7) is 8.40. The molecular formula is C14H18N2O2. The highest BCUT2D eigenvalue weighted by Crippen LogP contribution is 2.40. The Morgan fingerprint density at radius 3 is 2.89 bits per heavy atom. The van der Waals surface area contributed by atoms with Gasteiger partial charge in [0.25, 0.3) is 0 Å². The number of para-hydroxylation sites is 1. The topological polar surface area (TPSA) is 33.7 Å². The molecule has 0 aromatic heterocycles. The molecule has 0 radical (unpaired) electrons. The normalized spacial score (nSPS) is 20.7. The SMILES string of the molecule is C=C[C@@H](c1cccc2c1OCO2)N1CCNCC1. The first-order valence-corrected chi connectivity index (χ1v) is 6.36. The van der Waals surface area contributed by atoms with Crippen LogP contribution in [0.15, 0.2) is 30.9 Å². The number of fused-ring (bicyclic) bond motifs is 1. The summed E-state index contributed by atoms with van der Waals surface area (Å²) >= 11 is 0. The summed E-state index contributed by atoms with van der Waals surface area (Å²) in [4.78, 5) is 2.42. The van der Waals surface area contributed by atoms with Gasteiger partial charge in [0.05, 0.1) is 6.04 Å². The van der Waals surface area contributed by atoms with Gasteiger partial charge in [-0.15, -0.1) is 6.58 Å². The molecule has 2 aliphatic heterocycles. The van der Waals surface area contributed by atoms with Gasteiger partial charge in [0, 0.05) is 31.7 Å². The van der Waals surface area contributed by atoms with E-state index >= 15 is 0 Å². The minimum Gasteiger partial charge on any atom is -0.454 e. The molecule has 0 aliphatic carbocycles. The minimum atomic E-state index is 0.198. The van der Waals surface area contributed by atoms with Crippen LogP contribution in [-0.4, -0.2) is 37.9 Å². The summed E-state index contributed by atoms with van der Waals surface area (Å²) in [6.07, 6.45) is 1.99. The molecule has 18 heavy (non-hydrogen) atoms. The van der Waals surface area contributed by atoms with E-state index in [1.165, 1.54) is 0 Å². The molecule has 0 amide bonds. The zero-order chi connectivity index (χ0) is 12.4. The van der Waals surface area contributed by atoms with Crippen LogP contribution >= 0.6 is 0 Å². The second-order valence-corrected chi connectivity index (χ2v) is 4.55. The van der Waals surface area contributed by atoms with Crippen molar-refractivity contribution in [3.05, 3.63) is 36.4 Å². The van der Waals surface area contributed by atoms with Gasteiger partial charge in [-0.3, -0.25) is 4.90 Å². The molecule has 1 N–H and O–H groups in total. The number of piperazine rings is 1. The molecule has 3 rings (SSSR count). The molecule has 0 spiro atoms. The first-order valence-electron chi connectivity index (χ1n) is 6.36. The van der Waals surface area contributed by atoms with Crippen LogP contribution in [0.1, 0.15) is 11.6 Å². The van der Waals surface area contributed by atoms with Crippen molar-refractivity contribution in [3.63, 3.8) is 0 Å². The maximum absolute atomic E-state index is 5.59. The zero-order valence-electron chi connectivity index (χ0n) is 10.4. The zero-order valence-corrected chi connectivity index (χ0v) is 10.4. The van der Waals surface area contributed by atoms with Crippen LogP contribution in [0.2, 0.25) is 0 Å². The Morgan fingerprint density at radius 1 is 1.28 bits per heavy atom. The highest BCUT2D eigenvalue weighted by molar-refractivity contribution is 5.50. The third kappa shape index (κ3) is 1.98. The van der Waals surface area contributed by atoms with Crippen molar-refractivity contribution < 1.29 is 9.47 Å². The van der Waals surface area contributed by atoms with Gasteiger partial charge in [-0.1, -0.05) is 18.2 Å². The van der Waals surface area contributed by atoms with Crippen molar-refractivity contribution in [1.29, 1.82) is 0 Å². The van der Waals surface area contributed by atoms with Gasteiger partial charge in [-0.2, -0.15) is 0 Å². The van der Waals surface area contributed by atoms with Crippen LogP contribution in [0.4, 0.5) is 0 Å². The lowest BCUT2D eigenvalue weighted by atomic mass is 10.0. The number of hydrogen-bond donors (Lipinski definition) is 1. The van der Waals surface area contributed by atoms with Crippen LogP contribution in [0.3, 0.4) is 0 Å². The van der Waals surface area contributed by atoms with Gasteiger partial charge in [0.1, 0.15) is 0 Å². The Labute approximate surface area is 107 Å². The molecule has 1 aromatic carbocycles. The van der Waals surface area contributed by atoms with Crippen molar-refractivity contribution >= 4 is 0 Å². The lowest BCUT2D eigenvalue weighted by molar-refractivity contribution is 0.168. The molecular weight excluding hydrogens is 228 g/mol. The van der Waals surface area contributed by atoms with Crippen molar-refractivity contribution in [2.45, 2.75) is 6.04 Å². The molecule has 1 aromatic rings. The Bertz CT molecular complexity index is 441. The predicted molar refractivity (Wildman–Crippen MR) is 69.9 cm³/mol. The average molecular weight is 246 g/mol. The van der Waals surface area contributed by atoms with E-state index in [0.29, 0.717) is 6.79 Å². The Balaban J connectivity index is 1.91. The van der Waals surface area contributed by atoms with Crippen molar-refractivity contribution in [2.24, 2.45) is 0 Å². The van der Waals surface area contributed by atoms with Gasteiger partial charge in [0.15, 0.2) is 11.5 Å². The minimum absolute atomic E-state index is 0.198. The Kier molecular flexibility index (Phi) is 3.21. The smallest absolute Gasteiger partial charge is 0.231 e. The third-order valence-electron chi connectivity index (χ3n) is 3.51. The van der Waals surface area contributed by atoms with Crippen molar-refractivity contribution in [2.75, 3.05) is 33.0 Å². The monoisotopic (exact) mass is 246 g/mol. The Morgan fingerprint density at radius 2 is 2.11 bits per heavy atom. The van der Waals surface area contributed by atoms with Crippen molar-refractivity contribution in [1.82, 2.24) is 10.2 Å². The lowest BCUT2D eigenvalue weighted by Gasteiger charge is -2.33. The van der Waals surface area contributed by atoms with E-state index in [0.717, 1.165) is 43.2 Å². The van der Waals surface area contributed by atoms with E-state index in [1.54, 1.807) is 0 Å². The second kappa shape index (κ2) is 5.00. The van der Waals surface area contributed by atoms with E-state index in [1.807, 2.05) is 18.2 Å². The molecule has 0 saturated carbocycles. The molecule has 4 heteroatoms. The van der Waals surface area contributed by atoms with Crippen LogP contribution in [0.5, 0.6) is 11.5 Å².